The number of nitrogens with one attached hydrogen (secondary N) is 1. The monoisotopic (exact) mass is 313 g/mol. The normalized spacial score (nSPS) is 17.3. The summed E-state index contributed by atoms with van der Waals surface area (Å²) >= 11 is 7.08. The Morgan fingerprint density at radius 2 is 1.84 bits per heavy atom. The average molecular weight is 314 g/mol. The molecule has 1 aliphatic rings. The summed E-state index contributed by atoms with van der Waals surface area (Å²) in [7, 11) is -3.43. The van der Waals surface area contributed by atoms with E-state index < -0.39 is 15.6 Å². The lowest BCUT2D eigenvalue weighted by Gasteiger charge is -2.17. The predicted molar refractivity (Wildman–Crippen MR) is 77.0 cm³/mol. The Hall–Kier alpha value is -0.880. The maximum atomic E-state index is 12.3. The third-order valence-electron chi connectivity index (χ3n) is 3.24. The van der Waals surface area contributed by atoms with Crippen molar-refractivity contribution < 1.29 is 8.42 Å². The highest BCUT2D eigenvalue weighted by atomic mass is 35.5. The third kappa shape index (κ3) is 2.56. The summed E-state index contributed by atoms with van der Waals surface area (Å²) in [6, 6.07) is 10.7. The van der Waals surface area contributed by atoms with Crippen molar-refractivity contribution >= 4 is 33.0 Å². The van der Waals surface area contributed by atoms with Gasteiger partial charge in [-0.15, -0.1) is 11.3 Å². The molecule has 100 valence electrons. The summed E-state index contributed by atoms with van der Waals surface area (Å²) < 4.78 is 27.7. The first kappa shape index (κ1) is 13.1. The summed E-state index contributed by atoms with van der Waals surface area (Å²) in [5, 5.41) is 2.41. The number of hydrogen-bond acceptors (Lipinski definition) is 3. The van der Waals surface area contributed by atoms with Crippen LogP contribution in [0.15, 0.2) is 46.0 Å². The Morgan fingerprint density at radius 3 is 2.37 bits per heavy atom. The second-order valence-electron chi connectivity index (χ2n) is 4.63. The summed E-state index contributed by atoms with van der Waals surface area (Å²) in [5.41, 5.74) is 0.518. The maximum absolute atomic E-state index is 12.3. The first-order valence-electron chi connectivity index (χ1n) is 5.85. The average Bonchev–Trinajstić information content (AvgIpc) is 2.93. The molecule has 1 aromatic carbocycles. The molecule has 6 heteroatoms. The highest BCUT2D eigenvalue weighted by molar-refractivity contribution is 7.91. The smallest absolute Gasteiger partial charge is 0.206 e. The van der Waals surface area contributed by atoms with Crippen molar-refractivity contribution in [2.45, 2.75) is 22.6 Å². The predicted octanol–water partition coefficient (Wildman–Crippen LogP) is 3.37. The first-order chi connectivity index (χ1) is 9.02. The van der Waals surface area contributed by atoms with Crippen LogP contribution >= 0.6 is 22.9 Å². The second-order valence-corrected chi connectivity index (χ2v) is 7.92. The van der Waals surface area contributed by atoms with E-state index in [4.69, 9.17) is 11.6 Å². The van der Waals surface area contributed by atoms with Gasteiger partial charge in [-0.05, 0) is 42.0 Å². The molecule has 1 saturated carbocycles. The summed E-state index contributed by atoms with van der Waals surface area (Å²) in [6.45, 7) is 0. The molecule has 0 bridgehead atoms. The van der Waals surface area contributed by atoms with Crippen molar-refractivity contribution in [1.29, 1.82) is 0 Å². The standard InChI is InChI=1S/C13H12ClNO2S2/c14-11-5-3-10(4-6-11)13(7-8-13)15-19(16,17)12-2-1-9-18-12/h1-6,9,15H,7-8H2. The number of benzene rings is 1. The van der Waals surface area contributed by atoms with Crippen LogP contribution in [-0.4, -0.2) is 8.42 Å². The highest BCUT2D eigenvalue weighted by Crippen LogP contribution is 2.46. The second kappa shape index (κ2) is 4.59. The van der Waals surface area contributed by atoms with Crippen molar-refractivity contribution in [3.05, 3.63) is 52.4 Å². The fourth-order valence-electron chi connectivity index (χ4n) is 2.07. The molecule has 0 radical (unpaired) electrons. The van der Waals surface area contributed by atoms with Gasteiger partial charge in [-0.1, -0.05) is 29.8 Å². The molecular formula is C13H12ClNO2S2. The van der Waals surface area contributed by atoms with Crippen LogP contribution in [0.4, 0.5) is 0 Å². The Bertz CT molecular complexity index is 674. The molecule has 3 nitrogen and oxygen atoms in total. The van der Waals surface area contributed by atoms with Crippen LogP contribution in [-0.2, 0) is 15.6 Å². The van der Waals surface area contributed by atoms with Crippen molar-refractivity contribution in [3.8, 4) is 0 Å². The van der Waals surface area contributed by atoms with Crippen LogP contribution in [0.3, 0.4) is 0 Å². The minimum atomic E-state index is -3.43. The zero-order valence-electron chi connectivity index (χ0n) is 9.97. The van der Waals surface area contributed by atoms with Gasteiger partial charge in [0.25, 0.3) is 10.0 Å². The van der Waals surface area contributed by atoms with Gasteiger partial charge in [-0.25, -0.2) is 8.42 Å². The lowest BCUT2D eigenvalue weighted by Crippen LogP contribution is -2.34. The number of hydrogen-bond donors (Lipinski definition) is 1. The first-order valence-corrected chi connectivity index (χ1v) is 8.59. The topological polar surface area (TPSA) is 46.2 Å². The minimum Gasteiger partial charge on any atom is -0.206 e. The number of halogens is 1. The van der Waals surface area contributed by atoms with Gasteiger partial charge >= 0.3 is 0 Å². The van der Waals surface area contributed by atoms with Crippen molar-refractivity contribution in [2.24, 2.45) is 0 Å². The molecule has 3 rings (SSSR count). The fraction of sp³-hybridized carbons (Fsp3) is 0.231. The summed E-state index contributed by atoms with van der Waals surface area (Å²) in [5.74, 6) is 0. The Labute approximate surface area is 121 Å². The van der Waals surface area contributed by atoms with E-state index in [2.05, 4.69) is 4.72 Å². The maximum Gasteiger partial charge on any atom is 0.250 e. The van der Waals surface area contributed by atoms with Crippen molar-refractivity contribution in [3.63, 3.8) is 0 Å². The van der Waals surface area contributed by atoms with Crippen molar-refractivity contribution in [2.75, 3.05) is 0 Å². The van der Waals surface area contributed by atoms with Gasteiger partial charge in [0.15, 0.2) is 0 Å². The molecule has 1 aliphatic carbocycles. The molecule has 1 N–H and O–H groups in total. The number of sulfonamides is 1. The van der Waals surface area contributed by atoms with E-state index in [0.29, 0.717) is 9.23 Å². The molecule has 0 amide bonds. The minimum absolute atomic E-state index is 0.354. The van der Waals surface area contributed by atoms with Gasteiger partial charge in [0.1, 0.15) is 4.21 Å². The van der Waals surface area contributed by atoms with Crippen LogP contribution < -0.4 is 4.72 Å². The van der Waals surface area contributed by atoms with E-state index in [1.807, 2.05) is 12.1 Å². The van der Waals surface area contributed by atoms with Crippen LogP contribution in [0.25, 0.3) is 0 Å². The number of thiophene rings is 1. The molecule has 19 heavy (non-hydrogen) atoms. The van der Waals surface area contributed by atoms with Crippen LogP contribution in [0.5, 0.6) is 0 Å². The van der Waals surface area contributed by atoms with Gasteiger partial charge in [-0.2, -0.15) is 4.72 Å². The molecule has 0 saturated heterocycles. The molecule has 0 aliphatic heterocycles. The van der Waals surface area contributed by atoms with Gasteiger partial charge in [0, 0.05) is 5.02 Å². The molecular weight excluding hydrogens is 302 g/mol. The van der Waals surface area contributed by atoms with Gasteiger partial charge in [-0.3, -0.25) is 0 Å². The molecule has 0 atom stereocenters. The molecule has 1 fully saturated rings. The lowest BCUT2D eigenvalue weighted by molar-refractivity contribution is 0.553. The summed E-state index contributed by atoms with van der Waals surface area (Å²) in [6.07, 6.45) is 1.64. The van der Waals surface area contributed by atoms with E-state index in [1.165, 1.54) is 11.3 Å². The molecule has 0 spiro atoms. The van der Waals surface area contributed by atoms with Gasteiger partial charge in [0.2, 0.25) is 0 Å². The van der Waals surface area contributed by atoms with Crippen molar-refractivity contribution in [1.82, 2.24) is 4.72 Å². The Kier molecular flexibility index (Phi) is 3.17. The SMILES string of the molecule is O=S(=O)(NC1(c2ccc(Cl)cc2)CC1)c1cccs1. The third-order valence-corrected chi connectivity index (χ3v) is 6.42. The van der Waals surface area contributed by atoms with E-state index in [1.54, 1.807) is 29.6 Å². The quantitative estimate of drug-likeness (QED) is 0.940. The molecule has 1 heterocycles. The van der Waals surface area contributed by atoms with Crippen LogP contribution in [0.1, 0.15) is 18.4 Å². The summed E-state index contributed by atoms with van der Waals surface area (Å²) in [4.78, 5) is 0. The van der Waals surface area contributed by atoms with E-state index in [0.717, 1.165) is 18.4 Å². The fourth-order valence-corrected chi connectivity index (χ4v) is 4.63. The molecule has 1 aromatic heterocycles. The van der Waals surface area contributed by atoms with E-state index in [9.17, 15) is 8.42 Å². The largest absolute Gasteiger partial charge is 0.250 e. The number of rotatable bonds is 4. The Morgan fingerprint density at radius 1 is 1.16 bits per heavy atom. The van der Waals surface area contributed by atoms with Gasteiger partial charge < -0.3 is 0 Å². The zero-order chi connectivity index (χ0) is 13.5. The lowest BCUT2D eigenvalue weighted by atomic mass is 10.1. The molecule has 0 unspecified atom stereocenters. The zero-order valence-corrected chi connectivity index (χ0v) is 12.4. The van der Waals surface area contributed by atoms with Crippen LogP contribution in [0, 0.1) is 0 Å². The van der Waals surface area contributed by atoms with E-state index >= 15 is 0 Å². The molecule has 2 aromatic rings. The van der Waals surface area contributed by atoms with Gasteiger partial charge in [0.05, 0.1) is 5.54 Å². The van der Waals surface area contributed by atoms with Crippen LogP contribution in [0.2, 0.25) is 5.02 Å². The Balaban J connectivity index is 1.89. The highest BCUT2D eigenvalue weighted by Gasteiger charge is 2.47. The van der Waals surface area contributed by atoms with E-state index in [-0.39, 0.29) is 0 Å².